The SMILES string of the molecule is CC(Nc1nncs1)c1cc(Br)cs1. The number of anilines is 1. The first kappa shape index (κ1) is 10.1. The van der Waals surface area contributed by atoms with Crippen LogP contribution in [0.3, 0.4) is 0 Å². The zero-order valence-corrected chi connectivity index (χ0v) is 10.6. The van der Waals surface area contributed by atoms with Gasteiger partial charge in [0, 0.05) is 14.7 Å². The molecular weight excluding hydrogens is 282 g/mol. The molecule has 14 heavy (non-hydrogen) atoms. The summed E-state index contributed by atoms with van der Waals surface area (Å²) in [5.74, 6) is 0. The molecule has 1 atom stereocenters. The summed E-state index contributed by atoms with van der Waals surface area (Å²) in [6, 6.07) is 2.39. The molecular formula is C8H8BrN3S2. The summed E-state index contributed by atoms with van der Waals surface area (Å²) in [7, 11) is 0. The molecule has 0 aromatic carbocycles. The van der Waals surface area contributed by atoms with E-state index >= 15 is 0 Å². The van der Waals surface area contributed by atoms with E-state index in [1.54, 1.807) is 16.8 Å². The topological polar surface area (TPSA) is 37.8 Å². The van der Waals surface area contributed by atoms with Crippen molar-refractivity contribution in [3.8, 4) is 0 Å². The second-order valence-corrected chi connectivity index (χ2v) is 5.47. The smallest absolute Gasteiger partial charge is 0.205 e. The molecule has 2 aromatic rings. The third-order valence-electron chi connectivity index (χ3n) is 1.71. The van der Waals surface area contributed by atoms with E-state index in [1.165, 1.54) is 16.2 Å². The van der Waals surface area contributed by atoms with Gasteiger partial charge >= 0.3 is 0 Å². The number of rotatable bonds is 3. The Morgan fingerprint density at radius 1 is 1.50 bits per heavy atom. The fourth-order valence-electron chi connectivity index (χ4n) is 1.05. The number of hydrogen-bond donors (Lipinski definition) is 1. The standard InChI is InChI=1S/C8H8BrN3S2/c1-5(7-2-6(9)3-13-7)11-8-12-10-4-14-8/h2-5H,1H3,(H,11,12). The van der Waals surface area contributed by atoms with E-state index in [0.29, 0.717) is 0 Å². The van der Waals surface area contributed by atoms with Gasteiger partial charge in [0.1, 0.15) is 5.51 Å². The molecule has 74 valence electrons. The molecule has 0 fully saturated rings. The highest BCUT2D eigenvalue weighted by Gasteiger charge is 2.08. The molecule has 0 saturated heterocycles. The number of nitrogens with zero attached hydrogens (tertiary/aromatic N) is 2. The van der Waals surface area contributed by atoms with Gasteiger partial charge in [0.05, 0.1) is 6.04 Å². The first-order valence-corrected chi connectivity index (χ1v) is 6.57. The van der Waals surface area contributed by atoms with Crippen LogP contribution in [0, 0.1) is 0 Å². The molecule has 0 aliphatic rings. The van der Waals surface area contributed by atoms with E-state index in [2.05, 4.69) is 49.8 Å². The van der Waals surface area contributed by atoms with E-state index in [0.717, 1.165) is 9.60 Å². The Kier molecular flexibility index (Phi) is 3.15. The predicted octanol–water partition coefficient (Wildman–Crippen LogP) is 3.54. The minimum atomic E-state index is 0.277. The van der Waals surface area contributed by atoms with Crippen LogP contribution in [0.25, 0.3) is 0 Å². The third-order valence-corrected chi connectivity index (χ3v) is 4.21. The van der Waals surface area contributed by atoms with Crippen LogP contribution in [0.4, 0.5) is 5.13 Å². The minimum absolute atomic E-state index is 0.277. The van der Waals surface area contributed by atoms with E-state index < -0.39 is 0 Å². The molecule has 1 N–H and O–H groups in total. The van der Waals surface area contributed by atoms with Crippen molar-refractivity contribution in [2.75, 3.05) is 5.32 Å². The van der Waals surface area contributed by atoms with E-state index in [1.807, 2.05) is 0 Å². The Hall–Kier alpha value is -0.460. The number of aromatic nitrogens is 2. The molecule has 1 unspecified atom stereocenters. The van der Waals surface area contributed by atoms with E-state index in [4.69, 9.17) is 0 Å². The lowest BCUT2D eigenvalue weighted by molar-refractivity contribution is 0.894. The van der Waals surface area contributed by atoms with Crippen LogP contribution in [-0.2, 0) is 0 Å². The Morgan fingerprint density at radius 2 is 2.36 bits per heavy atom. The summed E-state index contributed by atoms with van der Waals surface area (Å²) in [4.78, 5) is 1.28. The van der Waals surface area contributed by atoms with Crippen molar-refractivity contribution < 1.29 is 0 Å². The van der Waals surface area contributed by atoms with Gasteiger partial charge < -0.3 is 5.32 Å². The number of nitrogens with one attached hydrogen (secondary N) is 1. The van der Waals surface area contributed by atoms with E-state index in [9.17, 15) is 0 Å². The maximum absolute atomic E-state index is 3.94. The average molecular weight is 290 g/mol. The summed E-state index contributed by atoms with van der Waals surface area (Å²) in [5, 5.41) is 13.9. The van der Waals surface area contributed by atoms with Gasteiger partial charge in [0.2, 0.25) is 5.13 Å². The number of thiophene rings is 1. The molecule has 0 bridgehead atoms. The van der Waals surface area contributed by atoms with Crippen LogP contribution in [0.2, 0.25) is 0 Å². The van der Waals surface area contributed by atoms with Gasteiger partial charge in [0.25, 0.3) is 0 Å². The third kappa shape index (κ3) is 2.31. The van der Waals surface area contributed by atoms with Gasteiger partial charge in [-0.3, -0.25) is 0 Å². The van der Waals surface area contributed by atoms with Crippen LogP contribution in [0.15, 0.2) is 21.4 Å². The van der Waals surface area contributed by atoms with Crippen LogP contribution in [0.5, 0.6) is 0 Å². The van der Waals surface area contributed by atoms with Crippen molar-refractivity contribution in [2.24, 2.45) is 0 Å². The van der Waals surface area contributed by atoms with Crippen LogP contribution in [0.1, 0.15) is 17.8 Å². The van der Waals surface area contributed by atoms with Crippen molar-refractivity contribution in [2.45, 2.75) is 13.0 Å². The molecule has 0 amide bonds. The quantitative estimate of drug-likeness (QED) is 0.939. The summed E-state index contributed by atoms with van der Waals surface area (Å²) < 4.78 is 1.13. The molecule has 0 spiro atoms. The molecule has 0 aliphatic heterocycles. The van der Waals surface area contributed by atoms with Gasteiger partial charge in [0.15, 0.2) is 0 Å². The molecule has 2 aromatic heterocycles. The van der Waals surface area contributed by atoms with Crippen molar-refractivity contribution in [3.63, 3.8) is 0 Å². The lowest BCUT2D eigenvalue weighted by Crippen LogP contribution is -2.04. The summed E-state index contributed by atoms with van der Waals surface area (Å²) in [6.07, 6.45) is 0. The molecule has 2 rings (SSSR count). The molecule has 0 saturated carbocycles. The van der Waals surface area contributed by atoms with E-state index in [-0.39, 0.29) is 6.04 Å². The largest absolute Gasteiger partial charge is 0.353 e. The summed E-state index contributed by atoms with van der Waals surface area (Å²) in [6.45, 7) is 2.11. The second kappa shape index (κ2) is 4.37. The minimum Gasteiger partial charge on any atom is -0.353 e. The Morgan fingerprint density at radius 3 is 2.93 bits per heavy atom. The summed E-state index contributed by atoms with van der Waals surface area (Å²) >= 11 is 6.67. The Balaban J connectivity index is 2.06. The summed E-state index contributed by atoms with van der Waals surface area (Å²) in [5.41, 5.74) is 1.72. The Labute approximate surface area is 98.3 Å². The van der Waals surface area contributed by atoms with Crippen LogP contribution in [-0.4, -0.2) is 10.2 Å². The van der Waals surface area contributed by atoms with Gasteiger partial charge in [-0.15, -0.1) is 21.5 Å². The van der Waals surface area contributed by atoms with Crippen molar-refractivity contribution in [3.05, 3.63) is 26.3 Å². The van der Waals surface area contributed by atoms with Gasteiger partial charge in [-0.1, -0.05) is 11.3 Å². The number of hydrogen-bond acceptors (Lipinski definition) is 5. The first-order valence-electron chi connectivity index (χ1n) is 4.02. The maximum atomic E-state index is 3.94. The highest BCUT2D eigenvalue weighted by Crippen LogP contribution is 2.27. The second-order valence-electron chi connectivity index (χ2n) is 2.78. The Bertz CT molecular complexity index is 398. The highest BCUT2D eigenvalue weighted by molar-refractivity contribution is 9.10. The van der Waals surface area contributed by atoms with Crippen LogP contribution >= 0.6 is 38.6 Å². The molecule has 6 heteroatoms. The lowest BCUT2D eigenvalue weighted by atomic mass is 10.3. The first-order chi connectivity index (χ1) is 6.75. The van der Waals surface area contributed by atoms with Crippen molar-refractivity contribution >= 4 is 43.7 Å². The zero-order valence-electron chi connectivity index (χ0n) is 7.40. The molecule has 0 aliphatic carbocycles. The number of halogens is 1. The fourth-order valence-corrected chi connectivity index (χ4v) is 3.03. The normalized spacial score (nSPS) is 12.7. The monoisotopic (exact) mass is 289 g/mol. The van der Waals surface area contributed by atoms with Gasteiger partial charge in [-0.2, -0.15) is 0 Å². The molecule has 0 radical (unpaired) electrons. The highest BCUT2D eigenvalue weighted by atomic mass is 79.9. The maximum Gasteiger partial charge on any atom is 0.205 e. The fraction of sp³-hybridized carbons (Fsp3) is 0.250. The van der Waals surface area contributed by atoms with Gasteiger partial charge in [-0.05, 0) is 28.9 Å². The average Bonchev–Trinajstić information content (AvgIpc) is 2.75. The van der Waals surface area contributed by atoms with Crippen molar-refractivity contribution in [1.82, 2.24) is 10.2 Å². The molecule has 2 heterocycles. The lowest BCUT2D eigenvalue weighted by Gasteiger charge is -2.09. The van der Waals surface area contributed by atoms with Crippen LogP contribution < -0.4 is 5.32 Å². The molecule has 3 nitrogen and oxygen atoms in total. The van der Waals surface area contributed by atoms with Crippen molar-refractivity contribution in [1.29, 1.82) is 0 Å². The predicted molar refractivity (Wildman–Crippen MR) is 64.0 cm³/mol. The van der Waals surface area contributed by atoms with Gasteiger partial charge in [-0.25, -0.2) is 0 Å². The zero-order chi connectivity index (χ0) is 9.97.